The molecule has 78 valence electrons. The molecule has 0 saturated carbocycles. The average Bonchev–Trinajstić information content (AvgIpc) is 2.01. The molecular formula is C8H13N3O2S. The van der Waals surface area contributed by atoms with Crippen molar-refractivity contribution in [2.24, 2.45) is 5.14 Å². The van der Waals surface area contributed by atoms with E-state index in [1.807, 2.05) is 13.8 Å². The maximum atomic E-state index is 11.0. The number of aryl methyl sites for hydroxylation is 1. The van der Waals surface area contributed by atoms with Crippen molar-refractivity contribution < 1.29 is 8.42 Å². The molecule has 5 nitrogen and oxygen atoms in total. The van der Waals surface area contributed by atoms with Crippen LogP contribution in [0.1, 0.15) is 31.2 Å². The van der Waals surface area contributed by atoms with Gasteiger partial charge in [0.2, 0.25) is 0 Å². The number of primary sulfonamides is 1. The van der Waals surface area contributed by atoms with Gasteiger partial charge in [0.15, 0.2) is 0 Å². The molecule has 0 aliphatic rings. The molecule has 2 N–H and O–H groups in total. The molecule has 0 atom stereocenters. The minimum absolute atomic E-state index is 0.150. The normalized spacial score (nSPS) is 12.1. The van der Waals surface area contributed by atoms with Gasteiger partial charge in [-0.15, -0.1) is 0 Å². The van der Waals surface area contributed by atoms with E-state index < -0.39 is 10.0 Å². The van der Waals surface area contributed by atoms with Crippen LogP contribution in [0.2, 0.25) is 0 Å². The Morgan fingerprint density at radius 1 is 1.36 bits per heavy atom. The number of aromatic nitrogens is 2. The van der Waals surface area contributed by atoms with E-state index in [1.165, 1.54) is 0 Å². The van der Waals surface area contributed by atoms with Crippen LogP contribution in [0.3, 0.4) is 0 Å². The Balaban J connectivity index is 3.35. The SMILES string of the molecule is Cc1cc(C(C)C)nc(S(N)(=O)=O)n1. The van der Waals surface area contributed by atoms with Gasteiger partial charge in [-0.25, -0.2) is 23.5 Å². The summed E-state index contributed by atoms with van der Waals surface area (Å²) in [5, 5.41) is 4.64. The molecule has 1 aromatic heterocycles. The van der Waals surface area contributed by atoms with Crippen molar-refractivity contribution in [3.05, 3.63) is 17.5 Å². The van der Waals surface area contributed by atoms with Gasteiger partial charge in [0.25, 0.3) is 15.2 Å². The van der Waals surface area contributed by atoms with Crippen LogP contribution < -0.4 is 5.14 Å². The van der Waals surface area contributed by atoms with Crippen LogP contribution in [0.5, 0.6) is 0 Å². The monoisotopic (exact) mass is 215 g/mol. The second kappa shape index (κ2) is 3.62. The third-order valence-corrected chi connectivity index (χ3v) is 2.39. The molecule has 0 bridgehead atoms. The number of sulfonamides is 1. The number of hydrogen-bond donors (Lipinski definition) is 1. The Kier molecular flexibility index (Phi) is 2.86. The summed E-state index contributed by atoms with van der Waals surface area (Å²) in [6.45, 7) is 5.56. The van der Waals surface area contributed by atoms with E-state index in [4.69, 9.17) is 5.14 Å². The number of rotatable bonds is 2. The molecule has 14 heavy (non-hydrogen) atoms. The predicted octanol–water partition coefficient (Wildman–Crippen LogP) is 0.556. The molecule has 0 aliphatic heterocycles. The van der Waals surface area contributed by atoms with Gasteiger partial charge in [-0.05, 0) is 18.9 Å². The van der Waals surface area contributed by atoms with Crippen LogP contribution in [0.25, 0.3) is 0 Å². The van der Waals surface area contributed by atoms with E-state index in [2.05, 4.69) is 9.97 Å². The summed E-state index contributed by atoms with van der Waals surface area (Å²) in [4.78, 5) is 7.64. The molecule has 0 aliphatic carbocycles. The maximum absolute atomic E-state index is 11.0. The number of hydrogen-bond acceptors (Lipinski definition) is 4. The van der Waals surface area contributed by atoms with E-state index in [0.717, 1.165) is 0 Å². The minimum Gasteiger partial charge on any atom is -0.222 e. The first-order valence-corrected chi connectivity index (χ1v) is 5.73. The molecule has 0 radical (unpaired) electrons. The molecule has 0 fully saturated rings. The summed E-state index contributed by atoms with van der Waals surface area (Å²) in [5.41, 5.74) is 1.29. The van der Waals surface area contributed by atoms with E-state index in [9.17, 15) is 8.42 Å². The number of nitrogens with zero attached hydrogens (tertiary/aromatic N) is 2. The van der Waals surface area contributed by atoms with Crippen LogP contribution in [-0.4, -0.2) is 18.4 Å². The van der Waals surface area contributed by atoms with Crippen molar-refractivity contribution in [2.45, 2.75) is 31.8 Å². The lowest BCUT2D eigenvalue weighted by Gasteiger charge is -2.06. The van der Waals surface area contributed by atoms with Gasteiger partial charge >= 0.3 is 0 Å². The molecular weight excluding hydrogens is 202 g/mol. The van der Waals surface area contributed by atoms with Crippen LogP contribution in [0.15, 0.2) is 11.2 Å². The minimum atomic E-state index is -3.80. The predicted molar refractivity (Wildman–Crippen MR) is 52.2 cm³/mol. The zero-order valence-electron chi connectivity index (χ0n) is 8.35. The topological polar surface area (TPSA) is 85.9 Å². The first-order chi connectivity index (χ1) is 6.30. The van der Waals surface area contributed by atoms with Gasteiger partial charge in [0.05, 0.1) is 0 Å². The maximum Gasteiger partial charge on any atom is 0.273 e. The van der Waals surface area contributed by atoms with Crippen LogP contribution >= 0.6 is 0 Å². The lowest BCUT2D eigenvalue weighted by Crippen LogP contribution is -2.17. The third-order valence-electron chi connectivity index (χ3n) is 1.70. The first kappa shape index (κ1) is 11.1. The van der Waals surface area contributed by atoms with Gasteiger partial charge < -0.3 is 0 Å². The molecule has 1 aromatic rings. The summed E-state index contributed by atoms with van der Waals surface area (Å²) in [5.74, 6) is 0.150. The fourth-order valence-electron chi connectivity index (χ4n) is 0.988. The smallest absolute Gasteiger partial charge is 0.222 e. The lowest BCUT2D eigenvalue weighted by molar-refractivity contribution is 0.585. The van der Waals surface area contributed by atoms with Crippen LogP contribution in [0, 0.1) is 6.92 Å². The van der Waals surface area contributed by atoms with Gasteiger partial charge in [-0.2, -0.15) is 0 Å². The number of nitrogens with two attached hydrogens (primary N) is 1. The van der Waals surface area contributed by atoms with E-state index in [-0.39, 0.29) is 11.1 Å². The van der Waals surface area contributed by atoms with E-state index in [1.54, 1.807) is 13.0 Å². The molecule has 0 spiro atoms. The highest BCUT2D eigenvalue weighted by molar-refractivity contribution is 7.89. The zero-order valence-corrected chi connectivity index (χ0v) is 9.17. The Hall–Kier alpha value is -1.01. The highest BCUT2D eigenvalue weighted by Crippen LogP contribution is 2.13. The van der Waals surface area contributed by atoms with Gasteiger partial charge in [0.1, 0.15) is 0 Å². The fraction of sp³-hybridized carbons (Fsp3) is 0.500. The quantitative estimate of drug-likeness (QED) is 0.730. The highest BCUT2D eigenvalue weighted by atomic mass is 32.2. The van der Waals surface area contributed by atoms with Crippen molar-refractivity contribution in [2.75, 3.05) is 0 Å². The first-order valence-electron chi connectivity index (χ1n) is 4.19. The Bertz CT molecular complexity index is 440. The summed E-state index contributed by atoms with van der Waals surface area (Å²) < 4.78 is 22.0. The van der Waals surface area contributed by atoms with Crippen molar-refractivity contribution in [1.82, 2.24) is 9.97 Å². The van der Waals surface area contributed by atoms with Crippen molar-refractivity contribution in [3.8, 4) is 0 Å². The summed E-state index contributed by atoms with van der Waals surface area (Å²) >= 11 is 0. The Labute approximate surface area is 83.4 Å². The largest absolute Gasteiger partial charge is 0.273 e. The third kappa shape index (κ3) is 2.49. The second-order valence-corrected chi connectivity index (χ2v) is 4.87. The second-order valence-electron chi connectivity index (χ2n) is 3.42. The molecule has 0 unspecified atom stereocenters. The van der Waals surface area contributed by atoms with Gasteiger partial charge in [0, 0.05) is 11.4 Å². The standard InChI is InChI=1S/C8H13N3O2S/c1-5(2)7-4-6(3)10-8(11-7)14(9,12)13/h4-5H,1-3H3,(H2,9,12,13). The van der Waals surface area contributed by atoms with E-state index >= 15 is 0 Å². The fourth-order valence-corrected chi connectivity index (χ4v) is 1.49. The summed E-state index contributed by atoms with van der Waals surface area (Å²) in [6, 6.07) is 1.75. The molecule has 1 rings (SSSR count). The Morgan fingerprint density at radius 3 is 2.36 bits per heavy atom. The average molecular weight is 215 g/mol. The summed E-state index contributed by atoms with van der Waals surface area (Å²) in [7, 11) is -3.80. The van der Waals surface area contributed by atoms with Crippen LogP contribution in [-0.2, 0) is 10.0 Å². The summed E-state index contributed by atoms with van der Waals surface area (Å²) in [6.07, 6.45) is 0. The van der Waals surface area contributed by atoms with Crippen molar-refractivity contribution in [1.29, 1.82) is 0 Å². The van der Waals surface area contributed by atoms with Crippen molar-refractivity contribution in [3.63, 3.8) is 0 Å². The molecule has 6 heteroatoms. The molecule has 0 aromatic carbocycles. The van der Waals surface area contributed by atoms with E-state index in [0.29, 0.717) is 11.4 Å². The van der Waals surface area contributed by atoms with Crippen LogP contribution in [0.4, 0.5) is 0 Å². The lowest BCUT2D eigenvalue weighted by atomic mass is 10.1. The Morgan fingerprint density at radius 2 is 1.93 bits per heavy atom. The zero-order chi connectivity index (χ0) is 10.9. The van der Waals surface area contributed by atoms with Gasteiger partial charge in [-0.1, -0.05) is 13.8 Å². The molecule has 0 saturated heterocycles. The van der Waals surface area contributed by atoms with Gasteiger partial charge in [-0.3, -0.25) is 0 Å². The van der Waals surface area contributed by atoms with Crippen molar-refractivity contribution >= 4 is 10.0 Å². The highest BCUT2D eigenvalue weighted by Gasteiger charge is 2.14. The molecule has 0 amide bonds. The molecule has 1 heterocycles.